The van der Waals surface area contributed by atoms with E-state index in [0.29, 0.717) is 6.54 Å². The van der Waals surface area contributed by atoms with Crippen molar-refractivity contribution < 1.29 is 9.53 Å². The van der Waals surface area contributed by atoms with E-state index in [-0.39, 0.29) is 11.7 Å². The number of amides is 1. The number of likely N-dealkylation sites (N-methyl/N-ethyl adjacent to an activating group) is 1. The van der Waals surface area contributed by atoms with Crippen molar-refractivity contribution in [1.82, 2.24) is 19.8 Å². The molecule has 1 amide bonds. The number of ether oxygens (including phenoxy) is 1. The van der Waals surface area contributed by atoms with Crippen LogP contribution in [0.2, 0.25) is 0 Å². The van der Waals surface area contributed by atoms with Crippen LogP contribution in [-0.4, -0.2) is 58.1 Å². The molecule has 2 fully saturated rings. The molecule has 2 aliphatic rings. The van der Waals surface area contributed by atoms with E-state index in [0.717, 1.165) is 48.4 Å². The zero-order valence-electron chi connectivity index (χ0n) is 15.8. The molecule has 0 bridgehead atoms. The molecule has 1 aromatic heterocycles. The van der Waals surface area contributed by atoms with Gasteiger partial charge >= 0.3 is 6.09 Å². The first-order valence-corrected chi connectivity index (χ1v) is 9.57. The molecule has 1 unspecified atom stereocenters. The summed E-state index contributed by atoms with van der Waals surface area (Å²) in [5.74, 6) is 0.741. The zero-order chi connectivity index (χ0) is 19.1. The van der Waals surface area contributed by atoms with Gasteiger partial charge in [0.05, 0.1) is 6.54 Å². The van der Waals surface area contributed by atoms with Crippen LogP contribution in [0.5, 0.6) is 0 Å². The van der Waals surface area contributed by atoms with E-state index < -0.39 is 0 Å². The summed E-state index contributed by atoms with van der Waals surface area (Å²) in [5.41, 5.74) is 1.76. The molecule has 142 valence electrons. The number of benzene rings is 2. The van der Waals surface area contributed by atoms with E-state index in [2.05, 4.69) is 39.1 Å². The van der Waals surface area contributed by atoms with Gasteiger partial charge in [0.25, 0.3) is 0 Å². The third kappa shape index (κ3) is 2.99. The molecule has 1 spiro atoms. The Labute approximate surface area is 163 Å². The van der Waals surface area contributed by atoms with Crippen molar-refractivity contribution in [3.63, 3.8) is 0 Å². The maximum Gasteiger partial charge on any atom is 0.410 e. The number of nitrogens with zero attached hydrogens (tertiary/aromatic N) is 4. The fourth-order valence-electron chi connectivity index (χ4n) is 4.32. The lowest BCUT2D eigenvalue weighted by molar-refractivity contribution is 0.0627. The van der Waals surface area contributed by atoms with Crippen molar-refractivity contribution in [1.29, 1.82) is 0 Å². The van der Waals surface area contributed by atoms with Crippen molar-refractivity contribution in [3.05, 3.63) is 60.4 Å². The minimum Gasteiger partial charge on any atom is -0.439 e. The summed E-state index contributed by atoms with van der Waals surface area (Å²) in [6.07, 6.45) is 4.46. The van der Waals surface area contributed by atoms with E-state index in [1.807, 2.05) is 30.6 Å². The highest BCUT2D eigenvalue weighted by Crippen LogP contribution is 2.32. The van der Waals surface area contributed by atoms with Crippen LogP contribution in [-0.2, 0) is 11.3 Å². The van der Waals surface area contributed by atoms with Gasteiger partial charge in [-0.05, 0) is 10.8 Å². The number of aromatic nitrogens is 2. The molecule has 3 aromatic rings. The topological polar surface area (TPSA) is 58.6 Å². The van der Waals surface area contributed by atoms with Crippen molar-refractivity contribution >= 4 is 16.9 Å². The lowest BCUT2D eigenvalue weighted by Gasteiger charge is -2.21. The Bertz CT molecular complexity index is 1030. The van der Waals surface area contributed by atoms with E-state index >= 15 is 0 Å². The molecule has 2 aromatic carbocycles. The Morgan fingerprint density at radius 1 is 1.07 bits per heavy atom. The molecule has 6 heteroatoms. The van der Waals surface area contributed by atoms with E-state index in [1.165, 1.54) is 5.39 Å². The van der Waals surface area contributed by atoms with Gasteiger partial charge in [-0.1, -0.05) is 42.5 Å². The highest BCUT2D eigenvalue weighted by molar-refractivity contribution is 5.94. The third-order valence-electron chi connectivity index (χ3n) is 5.68. The van der Waals surface area contributed by atoms with Crippen molar-refractivity contribution in [3.8, 4) is 11.4 Å². The Morgan fingerprint density at radius 3 is 2.64 bits per heavy atom. The van der Waals surface area contributed by atoms with Crippen molar-refractivity contribution in [2.45, 2.75) is 18.6 Å². The van der Waals surface area contributed by atoms with Gasteiger partial charge in [-0.3, -0.25) is 4.90 Å². The van der Waals surface area contributed by atoms with Gasteiger partial charge < -0.3 is 9.64 Å². The van der Waals surface area contributed by atoms with Crippen molar-refractivity contribution in [2.24, 2.45) is 0 Å². The average molecular weight is 374 g/mol. The SMILES string of the molecule is CN1CC2(CCN(Cc3cnc(-c4cccc5ccccc45)nc3)C2)OC1=O. The number of hydrogen-bond donors (Lipinski definition) is 0. The molecular weight excluding hydrogens is 352 g/mol. The number of carbonyl (C=O) groups excluding carboxylic acids is 1. The zero-order valence-corrected chi connectivity index (χ0v) is 15.8. The molecule has 5 rings (SSSR count). The molecule has 28 heavy (non-hydrogen) atoms. The van der Waals surface area contributed by atoms with E-state index in [9.17, 15) is 4.79 Å². The standard InChI is InChI=1S/C22H22N4O2/c1-25-14-22(28-21(25)27)9-10-26(15-22)13-16-11-23-20(24-12-16)19-8-4-6-17-5-2-3-7-18(17)19/h2-8,11-12H,9-10,13-15H2,1H3. The molecule has 0 aliphatic carbocycles. The maximum atomic E-state index is 11.7. The second-order valence-corrected chi connectivity index (χ2v) is 7.81. The fraction of sp³-hybridized carbons (Fsp3) is 0.318. The van der Waals surface area contributed by atoms with Crippen molar-refractivity contribution in [2.75, 3.05) is 26.7 Å². The van der Waals surface area contributed by atoms with Crippen LogP contribution in [0.4, 0.5) is 4.79 Å². The molecule has 6 nitrogen and oxygen atoms in total. The van der Waals surface area contributed by atoms with Crippen LogP contribution in [0, 0.1) is 0 Å². The second kappa shape index (κ2) is 6.56. The van der Waals surface area contributed by atoms with Gasteiger partial charge in [0.2, 0.25) is 0 Å². The first-order chi connectivity index (χ1) is 13.6. The van der Waals surface area contributed by atoms with E-state index in [4.69, 9.17) is 4.74 Å². The van der Waals surface area contributed by atoms with Gasteiger partial charge in [-0.25, -0.2) is 14.8 Å². The number of rotatable bonds is 3. The fourth-order valence-corrected chi connectivity index (χ4v) is 4.32. The van der Waals surface area contributed by atoms with E-state index in [1.54, 1.807) is 11.9 Å². The van der Waals surface area contributed by atoms with Crippen LogP contribution in [0.3, 0.4) is 0 Å². The van der Waals surface area contributed by atoms with Crippen LogP contribution in [0.1, 0.15) is 12.0 Å². The summed E-state index contributed by atoms with van der Waals surface area (Å²) in [6, 6.07) is 14.5. The second-order valence-electron chi connectivity index (χ2n) is 7.81. The predicted octanol–water partition coefficient (Wildman–Crippen LogP) is 3.32. The number of hydrogen-bond acceptors (Lipinski definition) is 5. The summed E-state index contributed by atoms with van der Waals surface area (Å²) >= 11 is 0. The average Bonchev–Trinajstić information content (AvgIpc) is 3.23. The lowest BCUT2D eigenvalue weighted by Crippen LogP contribution is -2.37. The number of carbonyl (C=O) groups is 1. The van der Waals surface area contributed by atoms with Crippen LogP contribution in [0.25, 0.3) is 22.2 Å². The molecular formula is C22H22N4O2. The Morgan fingerprint density at radius 2 is 1.86 bits per heavy atom. The number of fused-ring (bicyclic) bond motifs is 1. The normalized spacial score (nSPS) is 22.3. The number of likely N-dealkylation sites (tertiary alicyclic amines) is 1. The molecule has 3 heterocycles. The van der Waals surface area contributed by atoms with Gasteiger partial charge in [0.15, 0.2) is 5.82 Å². The summed E-state index contributed by atoms with van der Waals surface area (Å²) in [7, 11) is 1.79. The summed E-state index contributed by atoms with van der Waals surface area (Å²) in [6.45, 7) is 3.10. The Hall–Kier alpha value is -2.99. The first kappa shape index (κ1) is 17.1. The van der Waals surface area contributed by atoms with Crippen LogP contribution in [0.15, 0.2) is 54.9 Å². The minimum atomic E-state index is -0.352. The molecule has 2 aliphatic heterocycles. The Balaban J connectivity index is 1.32. The quantitative estimate of drug-likeness (QED) is 0.704. The summed E-state index contributed by atoms with van der Waals surface area (Å²) < 4.78 is 5.62. The first-order valence-electron chi connectivity index (χ1n) is 9.57. The lowest BCUT2D eigenvalue weighted by atomic mass is 10.0. The van der Waals surface area contributed by atoms with Gasteiger partial charge in [0.1, 0.15) is 5.60 Å². The highest BCUT2D eigenvalue weighted by Gasteiger charge is 2.48. The van der Waals surface area contributed by atoms with Gasteiger partial charge in [-0.15, -0.1) is 0 Å². The summed E-state index contributed by atoms with van der Waals surface area (Å²) in [4.78, 5) is 24.9. The highest BCUT2D eigenvalue weighted by atomic mass is 16.6. The van der Waals surface area contributed by atoms with Crippen LogP contribution < -0.4 is 0 Å². The predicted molar refractivity (Wildman–Crippen MR) is 107 cm³/mol. The van der Waals surface area contributed by atoms with Gasteiger partial charge in [0, 0.05) is 56.6 Å². The Kier molecular flexibility index (Phi) is 4.02. The molecule has 2 saturated heterocycles. The molecule has 0 N–H and O–H groups in total. The minimum absolute atomic E-state index is 0.218. The smallest absolute Gasteiger partial charge is 0.410 e. The summed E-state index contributed by atoms with van der Waals surface area (Å²) in [5, 5.41) is 2.34. The third-order valence-corrected chi connectivity index (χ3v) is 5.68. The molecule has 1 atom stereocenters. The molecule has 0 radical (unpaired) electrons. The maximum absolute atomic E-state index is 11.7. The van der Waals surface area contributed by atoms with Gasteiger partial charge in [-0.2, -0.15) is 0 Å². The molecule has 0 saturated carbocycles. The monoisotopic (exact) mass is 374 g/mol. The largest absolute Gasteiger partial charge is 0.439 e. The van der Waals surface area contributed by atoms with Crippen LogP contribution >= 0.6 is 0 Å².